The smallest absolute Gasteiger partial charge is 0.363 e. The van der Waals surface area contributed by atoms with Gasteiger partial charge in [0.15, 0.2) is 5.70 Å². The van der Waals surface area contributed by atoms with Gasteiger partial charge in [-0.3, -0.25) is 10.1 Å². The van der Waals surface area contributed by atoms with Gasteiger partial charge in [-0.2, -0.15) is 0 Å². The van der Waals surface area contributed by atoms with Crippen LogP contribution >= 0.6 is 22.6 Å². The van der Waals surface area contributed by atoms with E-state index in [2.05, 4.69) is 27.6 Å². The molecule has 0 saturated carbocycles. The molecule has 0 fully saturated rings. The first-order valence-corrected chi connectivity index (χ1v) is 7.64. The van der Waals surface area contributed by atoms with Crippen molar-refractivity contribution in [3.8, 4) is 0 Å². The Kier molecular flexibility index (Phi) is 4.20. The number of carbonyl (C=O) groups excluding carboxylic acids is 1. The van der Waals surface area contributed by atoms with Crippen LogP contribution in [-0.2, 0) is 9.53 Å². The van der Waals surface area contributed by atoms with Gasteiger partial charge in [0.05, 0.1) is 4.92 Å². The predicted molar refractivity (Wildman–Crippen MR) is 92.9 cm³/mol. The molecule has 6 nitrogen and oxygen atoms in total. The monoisotopic (exact) mass is 420 g/mol. The Morgan fingerprint density at radius 3 is 2.61 bits per heavy atom. The van der Waals surface area contributed by atoms with Crippen molar-refractivity contribution in [3.63, 3.8) is 0 Å². The van der Waals surface area contributed by atoms with Gasteiger partial charge in [0.25, 0.3) is 5.69 Å². The summed E-state index contributed by atoms with van der Waals surface area (Å²) < 4.78 is 6.19. The molecular formula is C16H9IN2O4. The number of nitrogens with zero attached hydrogens (tertiary/aromatic N) is 2. The molecule has 0 amide bonds. The van der Waals surface area contributed by atoms with Crippen molar-refractivity contribution in [3.05, 3.63) is 79.0 Å². The maximum absolute atomic E-state index is 11.9. The molecule has 7 heteroatoms. The van der Waals surface area contributed by atoms with Crippen LogP contribution in [0.4, 0.5) is 5.69 Å². The SMILES string of the molecule is O=C1OC(c2cccc([N+](=O)[O-])c2)=N/C1=C\c1ccc(I)cc1. The van der Waals surface area contributed by atoms with Gasteiger partial charge in [-0.15, -0.1) is 0 Å². The molecule has 0 aromatic heterocycles. The number of ether oxygens (including phenoxy) is 1. The van der Waals surface area contributed by atoms with E-state index in [0.717, 1.165) is 9.13 Å². The number of nitro groups is 1. The van der Waals surface area contributed by atoms with Crippen LogP contribution in [0.1, 0.15) is 11.1 Å². The molecule has 3 rings (SSSR count). The van der Waals surface area contributed by atoms with Crippen LogP contribution in [0, 0.1) is 13.7 Å². The van der Waals surface area contributed by atoms with Gasteiger partial charge in [-0.25, -0.2) is 9.79 Å². The number of non-ortho nitro benzene ring substituents is 1. The second-order valence-electron chi connectivity index (χ2n) is 4.70. The molecule has 0 spiro atoms. The minimum atomic E-state index is -0.579. The third kappa shape index (κ3) is 3.45. The first-order valence-electron chi connectivity index (χ1n) is 6.56. The van der Waals surface area contributed by atoms with E-state index < -0.39 is 10.9 Å². The van der Waals surface area contributed by atoms with Crippen molar-refractivity contribution in [1.82, 2.24) is 0 Å². The second-order valence-corrected chi connectivity index (χ2v) is 5.94. The Bertz CT molecular complexity index is 857. The van der Waals surface area contributed by atoms with Gasteiger partial charge >= 0.3 is 5.97 Å². The first kappa shape index (κ1) is 15.3. The van der Waals surface area contributed by atoms with Crippen LogP contribution in [0.25, 0.3) is 6.08 Å². The molecule has 0 bridgehead atoms. The Hall–Kier alpha value is -2.55. The van der Waals surface area contributed by atoms with Crippen molar-refractivity contribution < 1.29 is 14.5 Å². The molecule has 1 aliphatic rings. The molecule has 0 saturated heterocycles. The lowest BCUT2D eigenvalue weighted by Gasteiger charge is -1.98. The first-order chi connectivity index (χ1) is 11.0. The number of rotatable bonds is 3. The molecule has 1 aliphatic heterocycles. The van der Waals surface area contributed by atoms with Gasteiger partial charge in [-0.1, -0.05) is 18.2 Å². The number of carbonyl (C=O) groups is 1. The van der Waals surface area contributed by atoms with E-state index in [-0.39, 0.29) is 17.3 Å². The summed E-state index contributed by atoms with van der Waals surface area (Å²) in [4.78, 5) is 26.3. The lowest BCUT2D eigenvalue weighted by atomic mass is 10.2. The highest BCUT2D eigenvalue weighted by atomic mass is 127. The van der Waals surface area contributed by atoms with E-state index in [1.165, 1.54) is 18.2 Å². The number of benzene rings is 2. The zero-order chi connectivity index (χ0) is 16.4. The minimum Gasteiger partial charge on any atom is -0.402 e. The van der Waals surface area contributed by atoms with E-state index in [1.54, 1.807) is 12.1 Å². The third-order valence-corrected chi connectivity index (χ3v) is 3.82. The fraction of sp³-hybridized carbons (Fsp3) is 0. The molecule has 0 N–H and O–H groups in total. The van der Waals surface area contributed by atoms with Gasteiger partial charge in [-0.05, 0) is 52.4 Å². The van der Waals surface area contributed by atoms with Crippen LogP contribution < -0.4 is 0 Å². The third-order valence-electron chi connectivity index (χ3n) is 3.10. The standard InChI is InChI=1S/C16H9IN2O4/c17-12-6-4-10(5-7-12)8-14-16(20)23-15(18-14)11-2-1-3-13(9-11)19(21)22/h1-9H/b14-8-. The quantitative estimate of drug-likeness (QED) is 0.250. The average Bonchev–Trinajstić information content (AvgIpc) is 2.91. The average molecular weight is 420 g/mol. The second kappa shape index (κ2) is 6.29. The molecular weight excluding hydrogens is 411 g/mol. The van der Waals surface area contributed by atoms with E-state index in [9.17, 15) is 14.9 Å². The van der Waals surface area contributed by atoms with Gasteiger partial charge in [0.2, 0.25) is 5.90 Å². The number of hydrogen-bond acceptors (Lipinski definition) is 5. The number of aliphatic imine (C=N–C) groups is 1. The number of esters is 1. The molecule has 114 valence electrons. The van der Waals surface area contributed by atoms with Gasteiger partial charge in [0.1, 0.15) is 0 Å². The maximum atomic E-state index is 11.9. The van der Waals surface area contributed by atoms with E-state index >= 15 is 0 Å². The molecule has 2 aromatic rings. The summed E-state index contributed by atoms with van der Waals surface area (Å²) in [5.41, 5.74) is 1.28. The Morgan fingerprint density at radius 1 is 1.17 bits per heavy atom. The summed E-state index contributed by atoms with van der Waals surface area (Å²) in [6.07, 6.45) is 1.61. The van der Waals surface area contributed by atoms with Crippen LogP contribution in [0.5, 0.6) is 0 Å². The van der Waals surface area contributed by atoms with Crippen molar-refractivity contribution in [2.75, 3.05) is 0 Å². The fourth-order valence-electron chi connectivity index (χ4n) is 2.00. The van der Waals surface area contributed by atoms with Crippen LogP contribution in [0.15, 0.2) is 59.2 Å². The highest BCUT2D eigenvalue weighted by Gasteiger charge is 2.25. The van der Waals surface area contributed by atoms with Crippen molar-refractivity contribution in [1.29, 1.82) is 0 Å². The topological polar surface area (TPSA) is 81.8 Å². The van der Waals surface area contributed by atoms with E-state index in [4.69, 9.17) is 4.74 Å². The normalized spacial score (nSPS) is 15.4. The van der Waals surface area contributed by atoms with E-state index in [0.29, 0.717) is 5.56 Å². The Labute approximate surface area is 144 Å². The van der Waals surface area contributed by atoms with E-state index in [1.807, 2.05) is 24.3 Å². The summed E-state index contributed by atoms with van der Waals surface area (Å²) >= 11 is 2.19. The van der Waals surface area contributed by atoms with Crippen molar-refractivity contribution in [2.45, 2.75) is 0 Å². The summed E-state index contributed by atoms with van der Waals surface area (Å²) in [6, 6.07) is 13.4. The lowest BCUT2D eigenvalue weighted by molar-refractivity contribution is -0.384. The zero-order valence-electron chi connectivity index (χ0n) is 11.6. The largest absolute Gasteiger partial charge is 0.402 e. The van der Waals surface area contributed by atoms with Crippen LogP contribution in [0.2, 0.25) is 0 Å². The minimum absolute atomic E-state index is 0.0652. The van der Waals surface area contributed by atoms with Gasteiger partial charge < -0.3 is 4.74 Å². The fourth-order valence-corrected chi connectivity index (χ4v) is 2.36. The van der Waals surface area contributed by atoms with Gasteiger partial charge in [0, 0.05) is 21.3 Å². The molecule has 0 unspecified atom stereocenters. The number of cyclic esters (lactones) is 1. The highest BCUT2D eigenvalue weighted by molar-refractivity contribution is 14.1. The summed E-state index contributed by atoms with van der Waals surface area (Å²) in [5, 5.41) is 10.8. The predicted octanol–water partition coefficient (Wildman–Crippen LogP) is 3.54. The molecule has 0 aliphatic carbocycles. The molecule has 2 aromatic carbocycles. The molecule has 0 radical (unpaired) electrons. The van der Waals surface area contributed by atoms with Crippen LogP contribution in [-0.4, -0.2) is 16.8 Å². The van der Waals surface area contributed by atoms with Crippen molar-refractivity contribution in [2.24, 2.45) is 4.99 Å². The highest BCUT2D eigenvalue weighted by Crippen LogP contribution is 2.21. The van der Waals surface area contributed by atoms with Crippen LogP contribution in [0.3, 0.4) is 0 Å². The summed E-state index contributed by atoms with van der Waals surface area (Å²) in [7, 11) is 0. The number of nitro benzene ring substituents is 1. The summed E-state index contributed by atoms with van der Waals surface area (Å²) in [5.74, 6) is -0.513. The van der Waals surface area contributed by atoms with Crippen molar-refractivity contribution >= 4 is 46.2 Å². The Morgan fingerprint density at radius 2 is 1.91 bits per heavy atom. The molecule has 1 heterocycles. The number of hydrogen-bond donors (Lipinski definition) is 0. The zero-order valence-corrected chi connectivity index (χ0v) is 13.8. The maximum Gasteiger partial charge on any atom is 0.363 e. The lowest BCUT2D eigenvalue weighted by Crippen LogP contribution is -2.05. The molecule has 23 heavy (non-hydrogen) atoms. The summed E-state index contributed by atoms with van der Waals surface area (Å²) in [6.45, 7) is 0. The number of halogens is 1. The Balaban J connectivity index is 1.93. The molecule has 0 atom stereocenters.